The number of aliphatic hydroxyl groups is 1. The molecule has 0 amide bonds. The Bertz CT molecular complexity index is 543. The first kappa shape index (κ1) is 15.6. The topological polar surface area (TPSA) is 50.1 Å². The molecule has 0 saturated heterocycles. The van der Waals surface area contributed by atoms with Gasteiger partial charge in [0.05, 0.1) is 31.1 Å². The average Bonchev–Trinajstić information content (AvgIpc) is 2.85. The summed E-state index contributed by atoms with van der Waals surface area (Å²) in [7, 11) is 0. The maximum atomic E-state index is 8.96. The van der Waals surface area contributed by atoms with Gasteiger partial charge in [-0.1, -0.05) is 51.1 Å². The van der Waals surface area contributed by atoms with Crippen LogP contribution in [-0.4, -0.2) is 21.5 Å². The normalized spacial score (nSPS) is 13.1. The van der Waals surface area contributed by atoms with E-state index in [9.17, 15) is 0 Å². The van der Waals surface area contributed by atoms with Crippen LogP contribution in [0, 0.1) is 5.41 Å². The lowest BCUT2D eigenvalue weighted by Crippen LogP contribution is -2.18. The maximum Gasteiger partial charge on any atom is 0.0731 e. The van der Waals surface area contributed by atoms with Crippen LogP contribution in [0.25, 0.3) is 0 Å². The van der Waals surface area contributed by atoms with Gasteiger partial charge in [0.25, 0.3) is 0 Å². The highest BCUT2D eigenvalue weighted by atomic mass is 16.3. The maximum absolute atomic E-state index is 8.96. The third-order valence-electron chi connectivity index (χ3n) is 3.32. The zero-order valence-corrected chi connectivity index (χ0v) is 13.1. The van der Waals surface area contributed by atoms with E-state index >= 15 is 0 Å². The van der Waals surface area contributed by atoms with Crippen LogP contribution in [0.15, 0.2) is 42.7 Å². The lowest BCUT2D eigenvalue weighted by Gasteiger charge is -2.27. The van der Waals surface area contributed by atoms with Gasteiger partial charge in [-0.25, -0.2) is 0 Å². The Labute approximate surface area is 126 Å². The van der Waals surface area contributed by atoms with Crippen molar-refractivity contribution in [3.8, 4) is 0 Å². The second-order valence-electron chi connectivity index (χ2n) is 6.59. The molecule has 0 aliphatic carbocycles. The van der Waals surface area contributed by atoms with Gasteiger partial charge in [-0.2, -0.15) is 5.10 Å². The SMILES string of the molecule is CC(C)(C)CC(Nc1cnn(CCO)c1)c1ccccc1. The number of hydrogen-bond acceptors (Lipinski definition) is 3. The highest BCUT2D eigenvalue weighted by Crippen LogP contribution is 2.31. The molecule has 1 aromatic heterocycles. The Hall–Kier alpha value is -1.81. The zero-order chi connectivity index (χ0) is 15.3. The Morgan fingerprint density at radius 3 is 2.57 bits per heavy atom. The van der Waals surface area contributed by atoms with Crippen LogP contribution in [0.4, 0.5) is 5.69 Å². The van der Waals surface area contributed by atoms with Crippen molar-refractivity contribution in [2.24, 2.45) is 5.41 Å². The smallest absolute Gasteiger partial charge is 0.0731 e. The van der Waals surface area contributed by atoms with Gasteiger partial charge in [0, 0.05) is 6.20 Å². The fourth-order valence-electron chi connectivity index (χ4n) is 2.41. The monoisotopic (exact) mass is 287 g/mol. The number of rotatable bonds is 6. The molecule has 21 heavy (non-hydrogen) atoms. The van der Waals surface area contributed by atoms with E-state index in [1.54, 1.807) is 4.68 Å². The van der Waals surface area contributed by atoms with E-state index in [-0.39, 0.29) is 18.1 Å². The van der Waals surface area contributed by atoms with E-state index in [4.69, 9.17) is 5.11 Å². The number of nitrogens with one attached hydrogen (secondary N) is 1. The molecule has 0 fully saturated rings. The number of hydrogen-bond donors (Lipinski definition) is 2. The van der Waals surface area contributed by atoms with Crippen molar-refractivity contribution in [2.75, 3.05) is 11.9 Å². The van der Waals surface area contributed by atoms with Crippen molar-refractivity contribution < 1.29 is 5.11 Å². The summed E-state index contributed by atoms with van der Waals surface area (Å²) in [6.07, 6.45) is 4.78. The van der Waals surface area contributed by atoms with Crippen LogP contribution in [0.1, 0.15) is 38.8 Å². The van der Waals surface area contributed by atoms with E-state index in [1.807, 2.05) is 18.5 Å². The van der Waals surface area contributed by atoms with Crippen LogP contribution in [0.5, 0.6) is 0 Å². The van der Waals surface area contributed by atoms with Crippen LogP contribution >= 0.6 is 0 Å². The van der Waals surface area contributed by atoms with Crippen LogP contribution in [0.2, 0.25) is 0 Å². The predicted molar refractivity (Wildman–Crippen MR) is 86.2 cm³/mol. The first-order chi connectivity index (χ1) is 9.98. The van der Waals surface area contributed by atoms with Crippen molar-refractivity contribution in [2.45, 2.75) is 39.8 Å². The Morgan fingerprint density at radius 2 is 1.95 bits per heavy atom. The van der Waals surface area contributed by atoms with Gasteiger partial charge in [-0.15, -0.1) is 0 Å². The standard InChI is InChI=1S/C17H25N3O/c1-17(2,3)11-16(14-7-5-4-6-8-14)19-15-12-18-20(13-15)9-10-21/h4-8,12-13,16,19,21H,9-11H2,1-3H3. The first-order valence-electron chi connectivity index (χ1n) is 7.43. The van der Waals surface area contributed by atoms with E-state index in [0.29, 0.717) is 6.54 Å². The van der Waals surface area contributed by atoms with Crippen molar-refractivity contribution in [3.05, 3.63) is 48.3 Å². The third kappa shape index (κ3) is 4.90. The number of benzene rings is 1. The van der Waals surface area contributed by atoms with Crippen molar-refractivity contribution >= 4 is 5.69 Å². The molecule has 1 heterocycles. The second kappa shape index (κ2) is 6.76. The first-order valence-corrected chi connectivity index (χ1v) is 7.43. The lowest BCUT2D eigenvalue weighted by molar-refractivity contribution is 0.269. The summed E-state index contributed by atoms with van der Waals surface area (Å²) in [6, 6.07) is 10.7. The molecule has 4 heteroatoms. The molecule has 2 rings (SSSR count). The summed E-state index contributed by atoms with van der Waals surface area (Å²) >= 11 is 0. The zero-order valence-electron chi connectivity index (χ0n) is 13.1. The molecule has 1 aromatic carbocycles. The van der Waals surface area contributed by atoms with Crippen molar-refractivity contribution in [1.82, 2.24) is 9.78 Å². The minimum atomic E-state index is 0.102. The third-order valence-corrected chi connectivity index (χ3v) is 3.32. The van der Waals surface area contributed by atoms with E-state index < -0.39 is 0 Å². The summed E-state index contributed by atoms with van der Waals surface area (Å²) in [5.41, 5.74) is 2.50. The molecule has 114 valence electrons. The molecule has 4 nitrogen and oxygen atoms in total. The quantitative estimate of drug-likeness (QED) is 0.855. The van der Waals surface area contributed by atoms with Gasteiger partial charge in [0.1, 0.15) is 0 Å². The lowest BCUT2D eigenvalue weighted by atomic mass is 9.85. The van der Waals surface area contributed by atoms with E-state index in [0.717, 1.165) is 12.1 Å². The number of aliphatic hydroxyl groups excluding tert-OH is 1. The molecular weight excluding hydrogens is 262 g/mol. The number of aromatic nitrogens is 2. The molecule has 2 aromatic rings. The van der Waals surface area contributed by atoms with Gasteiger partial charge in [0.2, 0.25) is 0 Å². The second-order valence-corrected chi connectivity index (χ2v) is 6.59. The number of nitrogens with zero attached hydrogens (tertiary/aromatic N) is 2. The number of anilines is 1. The molecule has 0 saturated carbocycles. The Kier molecular flexibility index (Phi) is 5.02. The van der Waals surface area contributed by atoms with Gasteiger partial charge >= 0.3 is 0 Å². The Morgan fingerprint density at radius 1 is 1.24 bits per heavy atom. The minimum Gasteiger partial charge on any atom is -0.394 e. The molecule has 1 unspecified atom stereocenters. The summed E-state index contributed by atoms with van der Waals surface area (Å²) in [6.45, 7) is 7.38. The summed E-state index contributed by atoms with van der Waals surface area (Å²) < 4.78 is 1.75. The fraction of sp³-hybridized carbons (Fsp3) is 0.471. The van der Waals surface area contributed by atoms with Crippen molar-refractivity contribution in [3.63, 3.8) is 0 Å². The van der Waals surface area contributed by atoms with E-state index in [2.05, 4.69) is 55.5 Å². The molecule has 0 bridgehead atoms. The summed E-state index contributed by atoms with van der Waals surface area (Å²) in [4.78, 5) is 0. The van der Waals surface area contributed by atoms with Crippen molar-refractivity contribution in [1.29, 1.82) is 0 Å². The summed E-state index contributed by atoms with van der Waals surface area (Å²) in [5.74, 6) is 0. The highest BCUT2D eigenvalue weighted by Gasteiger charge is 2.20. The highest BCUT2D eigenvalue weighted by molar-refractivity contribution is 5.42. The molecule has 0 aliphatic heterocycles. The van der Waals surface area contributed by atoms with Gasteiger partial charge < -0.3 is 10.4 Å². The fourth-order valence-corrected chi connectivity index (χ4v) is 2.41. The Balaban J connectivity index is 2.15. The largest absolute Gasteiger partial charge is 0.394 e. The molecule has 1 atom stereocenters. The average molecular weight is 287 g/mol. The van der Waals surface area contributed by atoms with Crippen LogP contribution in [-0.2, 0) is 6.54 Å². The molecule has 0 radical (unpaired) electrons. The van der Waals surface area contributed by atoms with E-state index in [1.165, 1.54) is 5.56 Å². The van der Waals surface area contributed by atoms with Gasteiger partial charge in [-0.3, -0.25) is 4.68 Å². The predicted octanol–water partition coefficient (Wildman–Crippen LogP) is 3.46. The minimum absolute atomic E-state index is 0.102. The van der Waals surface area contributed by atoms with Crippen LogP contribution < -0.4 is 5.32 Å². The summed E-state index contributed by atoms with van der Waals surface area (Å²) in [5, 5.41) is 16.8. The molecular formula is C17H25N3O. The molecule has 2 N–H and O–H groups in total. The van der Waals surface area contributed by atoms with Crippen LogP contribution in [0.3, 0.4) is 0 Å². The molecule has 0 spiro atoms. The molecule has 0 aliphatic rings. The van der Waals surface area contributed by atoms with Gasteiger partial charge in [-0.05, 0) is 17.4 Å². The van der Waals surface area contributed by atoms with Gasteiger partial charge in [0.15, 0.2) is 0 Å².